The van der Waals surface area contributed by atoms with E-state index in [-0.39, 0.29) is 5.91 Å². The van der Waals surface area contributed by atoms with Crippen molar-refractivity contribution in [1.82, 2.24) is 20.2 Å². The fourth-order valence-electron chi connectivity index (χ4n) is 3.05. The van der Waals surface area contributed by atoms with Crippen LogP contribution in [0.3, 0.4) is 0 Å². The molecule has 31 heavy (non-hydrogen) atoms. The van der Waals surface area contributed by atoms with Crippen LogP contribution in [0.1, 0.15) is 21.3 Å². The van der Waals surface area contributed by atoms with Gasteiger partial charge in [-0.25, -0.2) is 4.68 Å². The van der Waals surface area contributed by atoms with Crippen molar-refractivity contribution in [1.29, 1.82) is 0 Å². The number of nitrogens with zero attached hydrogens (tertiary/aromatic N) is 4. The summed E-state index contributed by atoms with van der Waals surface area (Å²) in [5, 5.41) is 17.2. The molecule has 7 nitrogen and oxygen atoms in total. The number of methoxy groups -OCH3 is 1. The van der Waals surface area contributed by atoms with Crippen molar-refractivity contribution in [2.75, 3.05) is 12.4 Å². The smallest absolute Gasteiger partial charge is 0.242 e. The summed E-state index contributed by atoms with van der Waals surface area (Å²) < 4.78 is 7.13. The van der Waals surface area contributed by atoms with Gasteiger partial charge in [0.15, 0.2) is 0 Å². The number of carbonyl (C=O) groups excluding carboxylic acids is 1. The van der Waals surface area contributed by atoms with E-state index in [1.54, 1.807) is 23.1 Å². The molecule has 0 saturated carbocycles. The van der Waals surface area contributed by atoms with E-state index in [0.717, 1.165) is 16.0 Å². The second-order valence-corrected chi connectivity index (χ2v) is 8.90. The van der Waals surface area contributed by atoms with Crippen LogP contribution in [-0.2, 0) is 11.3 Å². The second kappa shape index (κ2) is 9.76. The van der Waals surface area contributed by atoms with Crippen molar-refractivity contribution in [2.45, 2.75) is 23.9 Å². The van der Waals surface area contributed by atoms with Gasteiger partial charge in [-0.1, -0.05) is 54.2 Å². The fraction of sp³-hybridized carbons (Fsp3) is 0.182. The summed E-state index contributed by atoms with van der Waals surface area (Å²) in [7, 11) is 1.59. The maximum absolute atomic E-state index is 13.4. The molecule has 0 saturated heterocycles. The molecule has 4 rings (SSSR count). The van der Waals surface area contributed by atoms with Crippen molar-refractivity contribution in [2.24, 2.45) is 0 Å². The Morgan fingerprint density at radius 3 is 2.77 bits per heavy atom. The van der Waals surface area contributed by atoms with Crippen molar-refractivity contribution in [3.63, 3.8) is 0 Å². The van der Waals surface area contributed by atoms with Crippen molar-refractivity contribution >= 4 is 34.7 Å². The van der Waals surface area contributed by atoms with Crippen LogP contribution in [0, 0.1) is 6.92 Å². The van der Waals surface area contributed by atoms with E-state index >= 15 is 0 Å². The average Bonchev–Trinajstić information content (AvgIpc) is 3.45. The molecule has 0 aliphatic heterocycles. The molecule has 2 heterocycles. The van der Waals surface area contributed by atoms with Gasteiger partial charge in [0.05, 0.1) is 19.3 Å². The summed E-state index contributed by atoms with van der Waals surface area (Å²) in [6.07, 6.45) is 0. The third kappa shape index (κ3) is 5.12. The van der Waals surface area contributed by atoms with E-state index in [1.165, 1.54) is 11.8 Å². The molecule has 1 atom stereocenters. The molecule has 0 bridgehead atoms. The largest absolute Gasteiger partial charge is 0.495 e. The monoisotopic (exact) mass is 451 g/mol. The quantitative estimate of drug-likeness (QED) is 0.395. The number of hydrogen-bond donors (Lipinski definition) is 1. The molecule has 0 unspecified atom stereocenters. The molecule has 0 fully saturated rings. The van der Waals surface area contributed by atoms with Gasteiger partial charge in [0.1, 0.15) is 11.0 Å². The fourth-order valence-corrected chi connectivity index (χ4v) is 4.72. The summed E-state index contributed by atoms with van der Waals surface area (Å²) in [5.74, 6) is 0.434. The summed E-state index contributed by atoms with van der Waals surface area (Å²) in [6.45, 7) is 2.53. The molecule has 1 amide bonds. The van der Waals surface area contributed by atoms with E-state index in [2.05, 4.69) is 20.8 Å². The minimum absolute atomic E-state index is 0.175. The molecule has 1 N–H and O–H groups in total. The van der Waals surface area contributed by atoms with Crippen LogP contribution >= 0.6 is 23.1 Å². The number of ether oxygens (including phenoxy) is 1. The Kier molecular flexibility index (Phi) is 6.63. The molecule has 0 radical (unpaired) electrons. The van der Waals surface area contributed by atoms with Gasteiger partial charge in [-0.2, -0.15) is 0 Å². The van der Waals surface area contributed by atoms with E-state index in [4.69, 9.17) is 4.74 Å². The van der Waals surface area contributed by atoms with Crippen LogP contribution in [0.15, 0.2) is 71.2 Å². The Morgan fingerprint density at radius 2 is 2.03 bits per heavy atom. The number of nitrogens with one attached hydrogen (secondary N) is 1. The van der Waals surface area contributed by atoms with Crippen molar-refractivity contribution in [3.8, 4) is 5.75 Å². The number of tetrazole rings is 1. The number of thioether (sulfide) groups is 1. The van der Waals surface area contributed by atoms with Gasteiger partial charge in [-0.15, -0.1) is 16.4 Å². The van der Waals surface area contributed by atoms with Crippen molar-refractivity contribution < 1.29 is 9.53 Å². The van der Waals surface area contributed by atoms with Gasteiger partial charge in [0.25, 0.3) is 0 Å². The van der Waals surface area contributed by atoms with Crippen LogP contribution in [0.4, 0.5) is 5.69 Å². The number of amides is 1. The van der Waals surface area contributed by atoms with Crippen molar-refractivity contribution in [3.05, 3.63) is 82.0 Å². The number of carbonyl (C=O) groups is 1. The predicted octanol–water partition coefficient (Wildman–Crippen LogP) is 4.57. The first-order valence-electron chi connectivity index (χ1n) is 9.59. The molecule has 158 valence electrons. The van der Waals surface area contributed by atoms with E-state index in [9.17, 15) is 4.79 Å². The zero-order chi connectivity index (χ0) is 21.6. The highest BCUT2D eigenvalue weighted by Crippen LogP contribution is 2.36. The Labute approximate surface area is 188 Å². The molecule has 2 aromatic carbocycles. The van der Waals surface area contributed by atoms with E-state index in [1.807, 2.05) is 73.0 Å². The van der Waals surface area contributed by atoms with Gasteiger partial charge >= 0.3 is 0 Å². The van der Waals surface area contributed by atoms with E-state index in [0.29, 0.717) is 23.1 Å². The standard InChI is InChI=1S/C22H21N5O2S2/c1-15-10-11-19(29-2)18(13-15)23-21(28)20(16-7-4-3-5-8-16)31-22-24-25-26-27(22)14-17-9-6-12-30-17/h3-13,20H,14H2,1-2H3,(H,23,28)/t20-/m1/s1. The minimum atomic E-state index is -0.542. The first kappa shape index (κ1) is 21.1. The first-order valence-corrected chi connectivity index (χ1v) is 11.4. The third-order valence-corrected chi connectivity index (χ3v) is 6.65. The lowest BCUT2D eigenvalue weighted by Gasteiger charge is -2.18. The van der Waals surface area contributed by atoms with Gasteiger partial charge < -0.3 is 10.1 Å². The van der Waals surface area contributed by atoms with Gasteiger partial charge in [0.2, 0.25) is 11.1 Å². The number of benzene rings is 2. The lowest BCUT2D eigenvalue weighted by molar-refractivity contribution is -0.115. The maximum Gasteiger partial charge on any atom is 0.242 e. The number of rotatable bonds is 8. The van der Waals surface area contributed by atoms with Crippen LogP contribution < -0.4 is 10.1 Å². The highest BCUT2D eigenvalue weighted by Gasteiger charge is 2.26. The number of anilines is 1. The number of hydrogen-bond acceptors (Lipinski definition) is 7. The number of aryl methyl sites for hydroxylation is 1. The molecule has 0 spiro atoms. The molecule has 0 aliphatic rings. The Balaban J connectivity index is 1.61. The predicted molar refractivity (Wildman–Crippen MR) is 123 cm³/mol. The summed E-state index contributed by atoms with van der Waals surface area (Å²) in [6, 6.07) is 19.3. The molecule has 2 aromatic heterocycles. The lowest BCUT2D eigenvalue weighted by Crippen LogP contribution is -2.20. The molecule has 0 aliphatic carbocycles. The highest BCUT2D eigenvalue weighted by molar-refractivity contribution is 8.00. The highest BCUT2D eigenvalue weighted by atomic mass is 32.2. The SMILES string of the molecule is COc1ccc(C)cc1NC(=O)[C@H](Sc1nnnn1Cc1cccs1)c1ccccc1. The molecule has 4 aromatic rings. The normalized spacial score (nSPS) is 11.8. The molecular weight excluding hydrogens is 430 g/mol. The van der Waals surface area contributed by atoms with E-state index < -0.39 is 5.25 Å². The average molecular weight is 452 g/mol. The van der Waals surface area contributed by atoms with Crippen LogP contribution in [0.2, 0.25) is 0 Å². The van der Waals surface area contributed by atoms with Crippen LogP contribution in [0.25, 0.3) is 0 Å². The zero-order valence-electron chi connectivity index (χ0n) is 17.1. The van der Waals surface area contributed by atoms with Gasteiger partial charge in [0, 0.05) is 4.88 Å². The summed E-state index contributed by atoms with van der Waals surface area (Å²) in [5.41, 5.74) is 2.52. The topological polar surface area (TPSA) is 81.9 Å². The zero-order valence-corrected chi connectivity index (χ0v) is 18.7. The van der Waals surface area contributed by atoms with Gasteiger partial charge in [-0.05, 0) is 52.1 Å². The lowest BCUT2D eigenvalue weighted by atomic mass is 10.1. The maximum atomic E-state index is 13.4. The minimum Gasteiger partial charge on any atom is -0.495 e. The van der Waals surface area contributed by atoms with Gasteiger partial charge in [-0.3, -0.25) is 4.79 Å². The molecule has 9 heteroatoms. The number of aromatic nitrogens is 4. The van der Waals surface area contributed by atoms with Crippen LogP contribution in [0.5, 0.6) is 5.75 Å². The number of thiophene rings is 1. The summed E-state index contributed by atoms with van der Waals surface area (Å²) >= 11 is 2.96. The Morgan fingerprint density at radius 1 is 1.19 bits per heavy atom. The Bertz CT molecular complexity index is 1150. The third-order valence-electron chi connectivity index (χ3n) is 4.56. The summed E-state index contributed by atoms with van der Waals surface area (Å²) in [4.78, 5) is 14.5. The molecular formula is C22H21N5O2S2. The Hall–Kier alpha value is -3.17. The second-order valence-electron chi connectivity index (χ2n) is 6.80. The first-order chi connectivity index (χ1) is 15.1. The van der Waals surface area contributed by atoms with Crippen LogP contribution in [-0.4, -0.2) is 33.2 Å².